The highest BCUT2D eigenvalue weighted by molar-refractivity contribution is 6.31. The molecule has 3 rings (SSSR count). The minimum atomic E-state index is -0.672. The molecule has 0 aliphatic rings. The van der Waals surface area contributed by atoms with Gasteiger partial charge in [0, 0.05) is 22.3 Å². The molecule has 0 aliphatic carbocycles. The van der Waals surface area contributed by atoms with Crippen molar-refractivity contribution >= 4 is 34.0 Å². The van der Waals surface area contributed by atoms with Crippen molar-refractivity contribution in [3.05, 3.63) is 69.6 Å². The number of carbonyl (C=O) groups excluding carboxylic acids is 1. The molecule has 0 saturated carbocycles. The molecule has 26 heavy (non-hydrogen) atoms. The fourth-order valence-corrected chi connectivity index (χ4v) is 2.90. The summed E-state index contributed by atoms with van der Waals surface area (Å²) in [6, 6.07) is 11.7. The number of nitrogens with zero attached hydrogens (tertiary/aromatic N) is 1. The zero-order chi connectivity index (χ0) is 18.8. The number of aromatic nitrogens is 1. The molecule has 3 aromatic rings. The van der Waals surface area contributed by atoms with Gasteiger partial charge in [-0.3, -0.25) is 9.59 Å². The summed E-state index contributed by atoms with van der Waals surface area (Å²) in [5.74, 6) is 0.386. The number of nitrogens with one attached hydrogen (secondary N) is 1. The van der Waals surface area contributed by atoms with Crippen molar-refractivity contribution in [1.29, 1.82) is 0 Å². The zero-order valence-electron chi connectivity index (χ0n) is 14.7. The highest BCUT2D eigenvalue weighted by Crippen LogP contribution is 2.22. The van der Waals surface area contributed by atoms with E-state index in [-0.39, 0.29) is 11.5 Å². The van der Waals surface area contributed by atoms with Gasteiger partial charge in [-0.25, -0.2) is 0 Å². The van der Waals surface area contributed by atoms with Gasteiger partial charge in [0.25, 0.3) is 5.56 Å². The molecule has 1 unspecified atom stereocenters. The number of aryl methyl sites for hydroxylation is 1. The van der Waals surface area contributed by atoms with Crippen molar-refractivity contribution in [2.45, 2.75) is 19.9 Å². The van der Waals surface area contributed by atoms with Crippen LogP contribution in [0.15, 0.2) is 53.5 Å². The molecular formula is C20H19ClN2O3. The quantitative estimate of drug-likeness (QED) is 0.749. The lowest BCUT2D eigenvalue weighted by molar-refractivity contribution is -0.118. The smallest absolute Gasteiger partial charge is 0.259 e. The highest BCUT2D eigenvalue weighted by atomic mass is 35.5. The van der Waals surface area contributed by atoms with E-state index in [2.05, 4.69) is 5.32 Å². The molecule has 1 N–H and O–H groups in total. The maximum Gasteiger partial charge on any atom is 0.259 e. The Bertz CT molecular complexity index is 1040. The van der Waals surface area contributed by atoms with E-state index in [1.54, 1.807) is 56.6 Å². The summed E-state index contributed by atoms with van der Waals surface area (Å²) < 4.78 is 6.60. The van der Waals surface area contributed by atoms with Crippen molar-refractivity contribution in [1.82, 2.24) is 4.57 Å². The van der Waals surface area contributed by atoms with E-state index in [4.69, 9.17) is 16.3 Å². The Morgan fingerprint density at radius 3 is 2.65 bits per heavy atom. The molecule has 1 atom stereocenters. The van der Waals surface area contributed by atoms with Gasteiger partial charge in [-0.05, 0) is 61.2 Å². The van der Waals surface area contributed by atoms with Gasteiger partial charge in [0.15, 0.2) is 0 Å². The summed E-state index contributed by atoms with van der Waals surface area (Å²) in [6.07, 6.45) is 1.62. The molecule has 1 heterocycles. The molecule has 0 fully saturated rings. The summed E-state index contributed by atoms with van der Waals surface area (Å²) in [4.78, 5) is 25.3. The Morgan fingerprint density at radius 2 is 1.96 bits per heavy atom. The van der Waals surface area contributed by atoms with E-state index in [9.17, 15) is 9.59 Å². The number of methoxy groups -OCH3 is 1. The molecule has 5 nitrogen and oxygen atoms in total. The van der Waals surface area contributed by atoms with E-state index in [0.717, 1.165) is 10.9 Å². The lowest BCUT2D eigenvalue weighted by Crippen LogP contribution is -2.31. The first kappa shape index (κ1) is 18.0. The first-order chi connectivity index (χ1) is 12.4. The molecule has 1 aromatic heterocycles. The summed E-state index contributed by atoms with van der Waals surface area (Å²) in [6.45, 7) is 3.57. The second-order valence-electron chi connectivity index (χ2n) is 6.11. The zero-order valence-corrected chi connectivity index (χ0v) is 15.5. The van der Waals surface area contributed by atoms with Crippen molar-refractivity contribution in [3.8, 4) is 5.75 Å². The van der Waals surface area contributed by atoms with Crippen LogP contribution < -0.4 is 15.6 Å². The van der Waals surface area contributed by atoms with Gasteiger partial charge >= 0.3 is 0 Å². The maximum absolute atomic E-state index is 12.7. The number of amides is 1. The van der Waals surface area contributed by atoms with E-state index < -0.39 is 6.04 Å². The predicted molar refractivity (Wildman–Crippen MR) is 104 cm³/mol. The van der Waals surface area contributed by atoms with Crippen molar-refractivity contribution in [3.63, 3.8) is 0 Å². The van der Waals surface area contributed by atoms with E-state index in [0.29, 0.717) is 21.8 Å². The third-order valence-electron chi connectivity index (χ3n) is 4.37. The van der Waals surface area contributed by atoms with Gasteiger partial charge in [-0.1, -0.05) is 17.7 Å². The minimum Gasteiger partial charge on any atom is -0.497 e. The predicted octanol–water partition coefficient (Wildman–Crippen LogP) is 4.17. The van der Waals surface area contributed by atoms with Gasteiger partial charge in [0.05, 0.1) is 7.11 Å². The molecular weight excluding hydrogens is 352 g/mol. The number of benzene rings is 2. The van der Waals surface area contributed by atoms with E-state index >= 15 is 0 Å². The number of carbonyl (C=O) groups is 1. The maximum atomic E-state index is 12.7. The summed E-state index contributed by atoms with van der Waals surface area (Å²) in [5.41, 5.74) is 1.30. The van der Waals surface area contributed by atoms with Crippen LogP contribution in [0.5, 0.6) is 5.75 Å². The fraction of sp³-hybridized carbons (Fsp3) is 0.200. The lowest BCUT2D eigenvalue weighted by Gasteiger charge is -2.16. The molecule has 0 radical (unpaired) electrons. The Morgan fingerprint density at radius 1 is 1.19 bits per heavy atom. The standard InChI is InChI=1S/C20H19ClN2O3/c1-12-4-5-15(11-18(12)21)22-19(24)13(2)23-9-8-14-10-16(26-3)6-7-17(14)20(23)25/h4-11,13H,1-3H3,(H,22,24). The van der Waals surface area contributed by atoms with Gasteiger partial charge in [-0.2, -0.15) is 0 Å². The Kier molecular flexibility index (Phi) is 5.00. The van der Waals surface area contributed by atoms with Crippen molar-refractivity contribution < 1.29 is 9.53 Å². The number of hydrogen-bond acceptors (Lipinski definition) is 3. The Labute approximate surface area is 156 Å². The topological polar surface area (TPSA) is 60.3 Å². The number of pyridine rings is 1. The van der Waals surface area contributed by atoms with Gasteiger partial charge in [0.1, 0.15) is 11.8 Å². The Balaban J connectivity index is 1.90. The second kappa shape index (κ2) is 7.22. The average molecular weight is 371 g/mol. The van der Waals surface area contributed by atoms with Crippen LogP contribution in [0.2, 0.25) is 5.02 Å². The fourth-order valence-electron chi connectivity index (χ4n) is 2.72. The number of anilines is 1. The van der Waals surface area contributed by atoms with Crippen LogP contribution in [0.4, 0.5) is 5.69 Å². The number of rotatable bonds is 4. The van der Waals surface area contributed by atoms with Crippen LogP contribution in [-0.2, 0) is 4.79 Å². The molecule has 6 heteroatoms. The molecule has 134 valence electrons. The Hall–Kier alpha value is -2.79. The first-order valence-corrected chi connectivity index (χ1v) is 8.54. The van der Waals surface area contributed by atoms with E-state index in [1.165, 1.54) is 4.57 Å². The van der Waals surface area contributed by atoms with E-state index in [1.807, 2.05) is 13.0 Å². The van der Waals surface area contributed by atoms with Gasteiger partial charge < -0.3 is 14.6 Å². The normalized spacial score (nSPS) is 12.0. The van der Waals surface area contributed by atoms with Crippen LogP contribution >= 0.6 is 11.6 Å². The molecule has 0 bridgehead atoms. The summed E-state index contributed by atoms with van der Waals surface area (Å²) >= 11 is 6.09. The highest BCUT2D eigenvalue weighted by Gasteiger charge is 2.17. The molecule has 1 amide bonds. The molecule has 0 aliphatic heterocycles. The number of halogens is 1. The largest absolute Gasteiger partial charge is 0.497 e. The van der Waals surface area contributed by atoms with Crippen LogP contribution in [0.1, 0.15) is 18.5 Å². The van der Waals surface area contributed by atoms with Gasteiger partial charge in [0.2, 0.25) is 5.91 Å². The first-order valence-electron chi connectivity index (χ1n) is 8.16. The molecule has 0 saturated heterocycles. The second-order valence-corrected chi connectivity index (χ2v) is 6.52. The summed E-state index contributed by atoms with van der Waals surface area (Å²) in [7, 11) is 1.58. The van der Waals surface area contributed by atoms with Crippen molar-refractivity contribution in [2.75, 3.05) is 12.4 Å². The van der Waals surface area contributed by atoms with Crippen LogP contribution in [0, 0.1) is 6.92 Å². The van der Waals surface area contributed by atoms with Crippen LogP contribution in [0.25, 0.3) is 10.8 Å². The SMILES string of the molecule is COc1ccc2c(=O)n(C(C)C(=O)Nc3ccc(C)c(Cl)c3)ccc2c1. The number of hydrogen-bond donors (Lipinski definition) is 1. The van der Waals surface area contributed by atoms with Crippen molar-refractivity contribution in [2.24, 2.45) is 0 Å². The molecule has 2 aromatic carbocycles. The average Bonchev–Trinajstić information content (AvgIpc) is 2.64. The summed E-state index contributed by atoms with van der Waals surface area (Å²) in [5, 5.41) is 4.68. The number of fused-ring (bicyclic) bond motifs is 1. The van der Waals surface area contributed by atoms with Crippen LogP contribution in [-0.4, -0.2) is 17.6 Å². The third-order valence-corrected chi connectivity index (χ3v) is 4.78. The van der Waals surface area contributed by atoms with Gasteiger partial charge in [-0.15, -0.1) is 0 Å². The third kappa shape index (κ3) is 3.44. The molecule has 0 spiro atoms. The number of ether oxygens (including phenoxy) is 1. The van der Waals surface area contributed by atoms with Crippen LogP contribution in [0.3, 0.4) is 0 Å². The lowest BCUT2D eigenvalue weighted by atomic mass is 10.1. The minimum absolute atomic E-state index is 0.227. The monoisotopic (exact) mass is 370 g/mol.